The van der Waals surface area contributed by atoms with E-state index in [0.717, 1.165) is 146 Å². The Hall–Kier alpha value is -13.5. The van der Waals surface area contributed by atoms with Gasteiger partial charge in [0.1, 0.15) is 0 Å². The molecule has 0 fully saturated rings. The van der Waals surface area contributed by atoms with Gasteiger partial charge in [0.15, 0.2) is 46.5 Å². The van der Waals surface area contributed by atoms with Crippen LogP contribution in [-0.4, -0.2) is 96.7 Å². The Morgan fingerprint density at radius 1 is 0.262 bits per heavy atom. The lowest BCUT2D eigenvalue weighted by Gasteiger charge is -2.35. The summed E-state index contributed by atoms with van der Waals surface area (Å²) < 4.78 is 383. The fourth-order valence-corrected chi connectivity index (χ4v) is 15.5. The second-order valence-electron chi connectivity index (χ2n) is 31.6. The predicted molar refractivity (Wildman–Crippen MR) is 437 cm³/mol. The van der Waals surface area contributed by atoms with Crippen molar-refractivity contribution in [3.63, 3.8) is 0 Å². The highest BCUT2D eigenvalue weighted by Crippen LogP contribution is 2.55. The van der Waals surface area contributed by atoms with Crippen molar-refractivity contribution >= 4 is 92.7 Å². The zero-order valence-electron chi connectivity index (χ0n) is 69.0. The molecular formula is C92H68F22N8O8. The number of rotatable bonds is 20. The van der Waals surface area contributed by atoms with E-state index in [1.165, 1.54) is 65.8 Å². The molecule has 0 radical (unpaired) electrons. The normalized spacial score (nSPS) is 14.6. The summed E-state index contributed by atoms with van der Waals surface area (Å²) in [4.78, 5) is 77.4. The molecule has 38 heteroatoms. The fourth-order valence-electron chi connectivity index (χ4n) is 15.5. The molecule has 678 valence electrons. The van der Waals surface area contributed by atoms with Crippen LogP contribution in [0.2, 0.25) is 0 Å². The van der Waals surface area contributed by atoms with Crippen LogP contribution in [0.1, 0.15) is 97.7 Å². The Kier molecular flexibility index (Phi) is 24.8. The van der Waals surface area contributed by atoms with E-state index >= 15 is 116 Å². The summed E-state index contributed by atoms with van der Waals surface area (Å²) in [5.41, 5.74) is -46.8. The molecule has 0 spiro atoms. The molecule has 4 amide bonds. The zero-order chi connectivity index (χ0) is 95.2. The smallest absolute Gasteiger partial charge is 0.356 e. The van der Waals surface area contributed by atoms with Gasteiger partial charge in [-0.05, 0) is 94.8 Å². The average Bonchev–Trinajstić information content (AvgIpc) is 1.55. The highest BCUT2D eigenvalue weighted by Gasteiger charge is 2.67. The number of methoxy groups -OCH3 is 4. The molecule has 8 aromatic carbocycles. The number of hydrogen-bond donors (Lipinski definition) is 6. The number of carbonyl (C=O) groups excluding carboxylic acids is 4. The van der Waals surface area contributed by atoms with Gasteiger partial charge in [-0.25, -0.2) is 53.9 Å². The van der Waals surface area contributed by atoms with Crippen LogP contribution in [0.25, 0.3) is 90.9 Å². The van der Waals surface area contributed by atoms with Crippen molar-refractivity contribution in [3.8, 4) is 44.5 Å². The molecule has 0 unspecified atom stereocenters. The number of aromatic amines is 2. The largest absolute Gasteiger partial charge is 0.430 e. The summed E-state index contributed by atoms with van der Waals surface area (Å²) in [5, 5.41) is 8.69. The highest BCUT2D eigenvalue weighted by atomic mass is 19.4. The first-order valence-electron chi connectivity index (χ1n) is 38.4. The molecule has 5 heterocycles. The van der Waals surface area contributed by atoms with E-state index in [1.807, 2.05) is 0 Å². The third-order valence-electron chi connectivity index (χ3n) is 22.0. The van der Waals surface area contributed by atoms with Gasteiger partial charge >= 0.3 is 24.7 Å². The van der Waals surface area contributed by atoms with E-state index in [0.29, 0.717) is 52.7 Å². The molecule has 3 aromatic heterocycles. The lowest BCUT2D eigenvalue weighted by atomic mass is 9.83. The molecule has 11 aromatic rings. The lowest BCUT2D eigenvalue weighted by molar-refractivity contribution is -0.264. The molecule has 8 bridgehead atoms. The number of benzene rings is 8. The first kappa shape index (κ1) is 94.2. The van der Waals surface area contributed by atoms with Gasteiger partial charge in [-0.3, -0.25) is 19.2 Å². The van der Waals surface area contributed by atoms with Crippen LogP contribution in [0, 0.1) is 58.2 Å². The number of H-pyrrole nitrogens is 2. The number of nitrogens with zero attached hydrogens (tertiary/aromatic N) is 2. The van der Waals surface area contributed by atoms with Gasteiger partial charge in [0.25, 0.3) is 46.0 Å². The molecule has 16 nitrogen and oxygen atoms in total. The van der Waals surface area contributed by atoms with Gasteiger partial charge in [-0.15, -0.1) is 0 Å². The van der Waals surface area contributed by atoms with E-state index in [4.69, 9.17) is 23.9 Å². The summed E-state index contributed by atoms with van der Waals surface area (Å²) in [6.45, 7) is 8.46. The van der Waals surface area contributed by atoms with Crippen LogP contribution in [0.15, 0.2) is 170 Å². The fraction of sp³-hybridized carbons (Fsp3) is 0.217. The number of alkyl halides is 12. The molecule has 0 saturated carbocycles. The molecule has 13 rings (SSSR count). The average molecular weight is 1830 g/mol. The molecule has 0 aliphatic carbocycles. The Morgan fingerprint density at radius 3 is 0.623 bits per heavy atom. The van der Waals surface area contributed by atoms with E-state index in [1.54, 1.807) is 0 Å². The molecular weight excluding hydrogens is 1760 g/mol. The van der Waals surface area contributed by atoms with Crippen LogP contribution >= 0.6 is 0 Å². The number of nitrogens with one attached hydrogen (secondary N) is 6. The molecule has 2 aliphatic heterocycles. The molecule has 4 atom stereocenters. The number of ether oxygens (including phenoxy) is 4. The maximum atomic E-state index is 17.2. The third-order valence-corrected chi connectivity index (χ3v) is 22.0. The summed E-state index contributed by atoms with van der Waals surface area (Å²) in [6, 6.07) is 26.3. The molecule has 130 heavy (non-hydrogen) atoms. The Morgan fingerprint density at radius 2 is 0.446 bits per heavy atom. The molecule has 6 N–H and O–H groups in total. The number of fused-ring (bicyclic) bond motifs is 8. The SMILES string of the molecule is CO[C@](C(=O)Nc1cc(C(C)(C)C)cc(NC(=O)[C@@](OC)(c2ccccc2)C(F)(F)F)c1-c1c2nc(c(-c3c(NC(=O)[C@@](OC)(c4ccccc4)C(F)(F)F)cc(C(C)(C)C)cc3NC(=O)[C@](OC)(c3ccccc3)C(F)(F)F)c3ccc([nH]3)c(-c3c(F)c(F)c(F)c(F)c3F)c3nc(c(-c4c(F)c(F)c(F)c(F)c4F)c4ccc1[nH]4)C=C3)C=C2)(c1ccccc1)C(F)(F)F. The minimum atomic E-state index is -5.88. The molecule has 2 aliphatic rings. The Balaban J connectivity index is 1.33. The minimum Gasteiger partial charge on any atom is -0.356 e. The van der Waals surface area contributed by atoms with E-state index in [-0.39, 0.29) is 11.1 Å². The van der Waals surface area contributed by atoms with Crippen LogP contribution in [0.5, 0.6) is 0 Å². The van der Waals surface area contributed by atoms with Crippen LogP contribution in [0.4, 0.5) is 119 Å². The van der Waals surface area contributed by atoms with Crippen molar-refractivity contribution in [1.29, 1.82) is 0 Å². The summed E-state index contributed by atoms with van der Waals surface area (Å²) in [6.07, 6.45) is -20.6. The van der Waals surface area contributed by atoms with Crippen molar-refractivity contribution in [2.75, 3.05) is 49.7 Å². The minimum absolute atomic E-state index is 0.239. The van der Waals surface area contributed by atoms with Crippen molar-refractivity contribution in [1.82, 2.24) is 19.9 Å². The zero-order valence-corrected chi connectivity index (χ0v) is 69.0. The van der Waals surface area contributed by atoms with E-state index in [9.17, 15) is 0 Å². The summed E-state index contributed by atoms with van der Waals surface area (Å²) in [7, 11) is 1.79. The number of halogens is 22. The van der Waals surface area contributed by atoms with Crippen molar-refractivity contribution in [2.24, 2.45) is 0 Å². The second-order valence-corrected chi connectivity index (χ2v) is 31.6. The third kappa shape index (κ3) is 15.7. The van der Waals surface area contributed by atoms with Crippen molar-refractivity contribution < 1.29 is 135 Å². The number of anilines is 4. The van der Waals surface area contributed by atoms with Crippen LogP contribution < -0.4 is 21.3 Å². The van der Waals surface area contributed by atoms with Crippen molar-refractivity contribution in [2.45, 2.75) is 99.5 Å². The summed E-state index contributed by atoms with van der Waals surface area (Å²) in [5.74, 6) is -36.2. The quantitative estimate of drug-likeness (QED) is 0.0241. The van der Waals surface area contributed by atoms with Crippen molar-refractivity contribution in [3.05, 3.63) is 284 Å². The van der Waals surface area contributed by atoms with Gasteiger partial charge in [-0.2, -0.15) is 52.7 Å². The molecule has 0 saturated heterocycles. The first-order chi connectivity index (χ1) is 60.9. The Bertz CT molecular complexity index is 5980. The topological polar surface area (TPSA) is 211 Å². The maximum Gasteiger partial charge on any atom is 0.430 e. The lowest BCUT2D eigenvalue weighted by Crippen LogP contribution is -2.53. The second kappa shape index (κ2) is 34.2. The number of carbonyl (C=O) groups is 4. The number of hydrogen-bond acceptors (Lipinski definition) is 10. The maximum absolute atomic E-state index is 17.2. The van der Waals surface area contributed by atoms with Gasteiger partial charge in [0, 0.05) is 106 Å². The standard InChI is InChI=1S/C92H68F22N8O8/c1-83(2,3)47-39-57(119-79(123)85(127-7,89(103,104)105)43-23-15-11-16-24-43)65(58(40-47)120-80(124)86(128-8,90(106,107)108)44-25-17-12-18-26-44)61-49-31-32-50(115-49)62(52-34-36-54(117-52)64(68-71(95)75(99)78(102)76(100)72(68)96)56-38-37-55(118-56)63(53-35-33-51(61)116-53)67-69(93)73(97)77(101)74(98)70(67)94)66-59(121-81(125)87(129-9,91(109,110)111)45-27-19-13-20-28-45)41-48(84(4,5)6)42-60(66)122-82(126)88(130-10,92(112,113)114)46-29-21-14-22-30-46/h11-42,116-117H,1-10H3,(H,119,123)(H,120,124)(H,121,125)(H,122,126)/t85-,86-,87-,88+/m0/s1. The first-order valence-corrected chi connectivity index (χ1v) is 38.4. The number of aromatic nitrogens is 4. The van der Waals surface area contributed by atoms with Crippen LogP contribution in [-0.2, 0) is 71.4 Å². The monoisotopic (exact) mass is 1830 g/mol. The van der Waals surface area contributed by atoms with Crippen LogP contribution in [0.3, 0.4) is 0 Å². The van der Waals surface area contributed by atoms with E-state index in [2.05, 4.69) is 36.2 Å². The summed E-state index contributed by atoms with van der Waals surface area (Å²) >= 11 is 0. The van der Waals surface area contributed by atoms with Gasteiger partial charge in [-0.1, -0.05) is 163 Å². The van der Waals surface area contributed by atoms with Gasteiger partial charge in [0.05, 0.1) is 56.7 Å². The van der Waals surface area contributed by atoms with Gasteiger partial charge in [0.2, 0.25) is 11.6 Å². The van der Waals surface area contributed by atoms with Gasteiger partial charge < -0.3 is 50.2 Å². The van der Waals surface area contributed by atoms with E-state index < -0.39 is 274 Å². The predicted octanol–water partition coefficient (Wildman–Crippen LogP) is 23.5. The highest BCUT2D eigenvalue weighted by molar-refractivity contribution is 6.14. The number of amides is 4. The Labute approximate surface area is 722 Å².